The Kier molecular flexibility index (Phi) is 3.22. The molecule has 0 bridgehead atoms. The third-order valence-corrected chi connectivity index (χ3v) is 3.38. The smallest absolute Gasteiger partial charge is 0.307 e. The van der Waals surface area contributed by atoms with Gasteiger partial charge in [0.15, 0.2) is 0 Å². The van der Waals surface area contributed by atoms with Gasteiger partial charge in [-0.05, 0) is 36.5 Å². The van der Waals surface area contributed by atoms with E-state index < -0.39 is 5.97 Å². The van der Waals surface area contributed by atoms with E-state index in [1.54, 1.807) is 12.1 Å². The zero-order valence-electron chi connectivity index (χ0n) is 9.03. The molecule has 3 heteroatoms. The van der Waals surface area contributed by atoms with E-state index in [-0.39, 0.29) is 17.7 Å². The highest BCUT2D eigenvalue weighted by Crippen LogP contribution is 2.37. The van der Waals surface area contributed by atoms with Crippen LogP contribution >= 0.6 is 0 Å². The number of halogens is 1. The van der Waals surface area contributed by atoms with Crippen molar-refractivity contribution in [3.05, 3.63) is 35.6 Å². The maximum atomic E-state index is 12.8. The first-order valence-corrected chi connectivity index (χ1v) is 5.67. The summed E-state index contributed by atoms with van der Waals surface area (Å²) in [4.78, 5) is 11.1. The Hall–Kier alpha value is -1.38. The Balaban J connectivity index is 2.23. The maximum Gasteiger partial charge on any atom is 0.307 e. The molecule has 1 aliphatic carbocycles. The van der Waals surface area contributed by atoms with Crippen molar-refractivity contribution in [2.24, 2.45) is 5.92 Å². The summed E-state index contributed by atoms with van der Waals surface area (Å²) in [5, 5.41) is 9.15. The van der Waals surface area contributed by atoms with Gasteiger partial charge in [0.1, 0.15) is 5.82 Å². The minimum atomic E-state index is -0.728. The predicted octanol–water partition coefficient (Wildman–Crippen LogP) is 3.18. The number of hydrogen-bond donors (Lipinski definition) is 1. The van der Waals surface area contributed by atoms with Crippen LogP contribution in [0.5, 0.6) is 0 Å². The second kappa shape index (κ2) is 4.64. The number of aliphatic carboxylic acids is 1. The Morgan fingerprint density at radius 2 is 1.81 bits per heavy atom. The van der Waals surface area contributed by atoms with Gasteiger partial charge in [0.25, 0.3) is 0 Å². The molecule has 0 aliphatic heterocycles. The number of carbonyl (C=O) groups is 1. The van der Waals surface area contributed by atoms with Crippen molar-refractivity contribution < 1.29 is 14.3 Å². The van der Waals surface area contributed by atoms with E-state index in [4.69, 9.17) is 5.11 Å². The minimum absolute atomic E-state index is 0.0480. The van der Waals surface area contributed by atoms with Gasteiger partial charge in [0.05, 0.1) is 5.92 Å². The van der Waals surface area contributed by atoms with Crippen molar-refractivity contribution in [2.75, 3.05) is 0 Å². The van der Waals surface area contributed by atoms with E-state index in [2.05, 4.69) is 0 Å². The highest BCUT2D eigenvalue weighted by molar-refractivity contribution is 5.71. The lowest BCUT2D eigenvalue weighted by molar-refractivity contribution is -0.143. The molecule has 0 saturated heterocycles. The lowest BCUT2D eigenvalue weighted by Crippen LogP contribution is -2.25. The van der Waals surface area contributed by atoms with Crippen LogP contribution in [0.1, 0.15) is 37.2 Å². The molecule has 1 saturated carbocycles. The molecule has 2 nitrogen and oxygen atoms in total. The molecule has 1 fully saturated rings. The lowest BCUT2D eigenvalue weighted by Gasteiger charge is -2.28. The van der Waals surface area contributed by atoms with Crippen molar-refractivity contribution in [3.63, 3.8) is 0 Å². The quantitative estimate of drug-likeness (QED) is 0.834. The molecule has 1 aromatic carbocycles. The van der Waals surface area contributed by atoms with Crippen molar-refractivity contribution in [3.8, 4) is 0 Å². The summed E-state index contributed by atoms with van der Waals surface area (Å²) in [5.74, 6) is -1.26. The fraction of sp³-hybridized carbons (Fsp3) is 0.462. The van der Waals surface area contributed by atoms with Crippen molar-refractivity contribution in [1.29, 1.82) is 0 Å². The van der Waals surface area contributed by atoms with Crippen LogP contribution in [-0.4, -0.2) is 11.1 Å². The molecular formula is C13H15FO2. The SMILES string of the molecule is O=C(O)[C@H]1CCCC[C@@H]1c1ccc(F)cc1. The largest absolute Gasteiger partial charge is 0.481 e. The summed E-state index contributed by atoms with van der Waals surface area (Å²) >= 11 is 0. The summed E-state index contributed by atoms with van der Waals surface area (Å²) in [6.45, 7) is 0. The second-order valence-corrected chi connectivity index (χ2v) is 4.39. The highest BCUT2D eigenvalue weighted by Gasteiger charge is 2.31. The van der Waals surface area contributed by atoms with Gasteiger partial charge >= 0.3 is 5.97 Å². The van der Waals surface area contributed by atoms with E-state index in [1.165, 1.54) is 12.1 Å². The minimum Gasteiger partial charge on any atom is -0.481 e. The summed E-state index contributed by atoms with van der Waals surface area (Å²) in [5.41, 5.74) is 0.952. The Bertz CT molecular complexity index is 372. The number of carboxylic acid groups (broad SMARTS) is 1. The molecule has 16 heavy (non-hydrogen) atoms. The Labute approximate surface area is 94.1 Å². The monoisotopic (exact) mass is 222 g/mol. The van der Waals surface area contributed by atoms with Gasteiger partial charge in [-0.3, -0.25) is 4.79 Å². The molecule has 0 aromatic heterocycles. The van der Waals surface area contributed by atoms with Gasteiger partial charge < -0.3 is 5.11 Å². The van der Waals surface area contributed by atoms with Crippen molar-refractivity contribution in [1.82, 2.24) is 0 Å². The van der Waals surface area contributed by atoms with Gasteiger partial charge in [-0.1, -0.05) is 25.0 Å². The molecule has 1 aromatic rings. The lowest BCUT2D eigenvalue weighted by atomic mass is 9.75. The van der Waals surface area contributed by atoms with Crippen LogP contribution in [0.25, 0.3) is 0 Å². The fourth-order valence-corrected chi connectivity index (χ4v) is 2.54. The second-order valence-electron chi connectivity index (χ2n) is 4.39. The Morgan fingerprint density at radius 1 is 1.19 bits per heavy atom. The molecule has 0 spiro atoms. The van der Waals surface area contributed by atoms with Crippen LogP contribution in [-0.2, 0) is 4.79 Å². The number of hydrogen-bond acceptors (Lipinski definition) is 1. The summed E-state index contributed by atoms with van der Waals surface area (Å²) < 4.78 is 12.8. The first kappa shape index (κ1) is 11.1. The molecule has 1 aliphatic rings. The molecule has 1 N–H and O–H groups in total. The van der Waals surface area contributed by atoms with Crippen molar-refractivity contribution in [2.45, 2.75) is 31.6 Å². The van der Waals surface area contributed by atoms with E-state index >= 15 is 0 Å². The van der Waals surface area contributed by atoms with Gasteiger partial charge in [-0.2, -0.15) is 0 Å². The molecule has 2 rings (SSSR count). The van der Waals surface area contributed by atoms with E-state index in [0.717, 1.165) is 31.2 Å². The number of benzene rings is 1. The zero-order chi connectivity index (χ0) is 11.5. The Morgan fingerprint density at radius 3 is 2.44 bits per heavy atom. The molecule has 0 heterocycles. The van der Waals surface area contributed by atoms with E-state index in [9.17, 15) is 9.18 Å². The molecule has 0 unspecified atom stereocenters. The molecule has 0 amide bonds. The van der Waals surface area contributed by atoms with Crippen LogP contribution in [0.4, 0.5) is 4.39 Å². The maximum absolute atomic E-state index is 12.8. The predicted molar refractivity (Wildman–Crippen MR) is 58.7 cm³/mol. The molecule has 0 radical (unpaired) electrons. The third-order valence-electron chi connectivity index (χ3n) is 3.38. The third kappa shape index (κ3) is 2.23. The van der Waals surface area contributed by atoms with Gasteiger partial charge in [-0.25, -0.2) is 4.39 Å². The van der Waals surface area contributed by atoms with Gasteiger partial charge in [-0.15, -0.1) is 0 Å². The normalized spacial score (nSPS) is 25.3. The van der Waals surface area contributed by atoms with E-state index in [1.807, 2.05) is 0 Å². The fourth-order valence-electron chi connectivity index (χ4n) is 2.54. The van der Waals surface area contributed by atoms with Crippen LogP contribution in [0.2, 0.25) is 0 Å². The first-order chi connectivity index (χ1) is 7.68. The van der Waals surface area contributed by atoms with Crippen molar-refractivity contribution >= 4 is 5.97 Å². The average molecular weight is 222 g/mol. The van der Waals surface area contributed by atoms with Crippen LogP contribution < -0.4 is 0 Å². The molecular weight excluding hydrogens is 207 g/mol. The molecule has 86 valence electrons. The summed E-state index contributed by atoms with van der Waals surface area (Å²) in [6.07, 6.45) is 3.67. The average Bonchev–Trinajstić information content (AvgIpc) is 2.30. The summed E-state index contributed by atoms with van der Waals surface area (Å²) in [7, 11) is 0. The topological polar surface area (TPSA) is 37.3 Å². The number of rotatable bonds is 2. The zero-order valence-corrected chi connectivity index (χ0v) is 9.03. The van der Waals surface area contributed by atoms with E-state index in [0.29, 0.717) is 0 Å². The first-order valence-electron chi connectivity index (χ1n) is 5.67. The molecule has 2 atom stereocenters. The van der Waals surface area contributed by atoms with Crippen LogP contribution in [0, 0.1) is 11.7 Å². The summed E-state index contributed by atoms with van der Waals surface area (Å²) in [6, 6.07) is 6.23. The number of carboxylic acids is 1. The van der Waals surface area contributed by atoms with Gasteiger partial charge in [0.2, 0.25) is 0 Å². The highest BCUT2D eigenvalue weighted by atomic mass is 19.1. The standard InChI is InChI=1S/C13H15FO2/c14-10-7-5-9(6-8-10)11-3-1-2-4-12(11)13(15)16/h5-8,11-12H,1-4H2,(H,15,16)/t11-,12+/m1/s1. The van der Waals surface area contributed by atoms with Gasteiger partial charge in [0, 0.05) is 0 Å². The van der Waals surface area contributed by atoms with Crippen LogP contribution in [0.3, 0.4) is 0 Å². The van der Waals surface area contributed by atoms with Crippen LogP contribution in [0.15, 0.2) is 24.3 Å².